The molecule has 0 atom stereocenters. The van der Waals surface area contributed by atoms with E-state index in [1.54, 1.807) is 18.3 Å². The van der Waals surface area contributed by atoms with Gasteiger partial charge in [-0.15, -0.1) is 11.3 Å². The van der Waals surface area contributed by atoms with Crippen LogP contribution in [0.15, 0.2) is 18.3 Å². The summed E-state index contributed by atoms with van der Waals surface area (Å²) in [6, 6.07) is 3.39. The number of nitrogens with two attached hydrogens (primary N) is 1. The van der Waals surface area contributed by atoms with Crippen molar-refractivity contribution in [3.63, 3.8) is 0 Å². The van der Waals surface area contributed by atoms with Crippen molar-refractivity contribution in [1.29, 1.82) is 0 Å². The number of amides is 1. The number of carbonyl (C=O) groups is 1. The summed E-state index contributed by atoms with van der Waals surface area (Å²) in [4.78, 5) is 22.2. The van der Waals surface area contributed by atoms with Gasteiger partial charge < -0.3 is 11.1 Å². The molecule has 3 heterocycles. The number of hydrogen-bond acceptors (Lipinski definition) is 5. The lowest BCUT2D eigenvalue weighted by Gasteiger charge is -2.06. The lowest BCUT2D eigenvalue weighted by molar-refractivity contribution is 0.103. The van der Waals surface area contributed by atoms with Gasteiger partial charge in [0.15, 0.2) is 5.15 Å². The Kier molecular flexibility index (Phi) is 3.95. The Balaban J connectivity index is 2.07. The van der Waals surface area contributed by atoms with Crippen LogP contribution in [-0.4, -0.2) is 15.9 Å². The van der Waals surface area contributed by atoms with E-state index in [-0.39, 0.29) is 11.1 Å². The van der Waals surface area contributed by atoms with Crippen molar-refractivity contribution in [3.05, 3.63) is 45.2 Å². The van der Waals surface area contributed by atoms with Gasteiger partial charge in [0.25, 0.3) is 5.91 Å². The van der Waals surface area contributed by atoms with Gasteiger partial charge in [0, 0.05) is 17.3 Å². The summed E-state index contributed by atoms with van der Waals surface area (Å²) in [6.07, 6.45) is 1.56. The van der Waals surface area contributed by atoms with E-state index < -0.39 is 0 Å². The number of nitrogen functional groups attached to an aromatic ring is 1. The smallest absolute Gasteiger partial charge is 0.268 e. The molecule has 0 unspecified atom stereocenters. The van der Waals surface area contributed by atoms with E-state index in [1.807, 2.05) is 20.8 Å². The first kappa shape index (κ1) is 15.7. The molecular weight excluding hydrogens is 332 g/mol. The molecule has 0 spiro atoms. The molecular formula is C16H15ClN4OS. The van der Waals surface area contributed by atoms with Crippen molar-refractivity contribution < 1.29 is 4.79 Å². The van der Waals surface area contributed by atoms with Gasteiger partial charge in [-0.05, 0) is 44.0 Å². The molecule has 0 radical (unpaired) electrons. The minimum absolute atomic E-state index is 0.238. The number of nitrogens with zero attached hydrogens (tertiary/aromatic N) is 2. The fourth-order valence-corrected chi connectivity index (χ4v) is 3.66. The van der Waals surface area contributed by atoms with E-state index in [2.05, 4.69) is 15.3 Å². The van der Waals surface area contributed by atoms with Crippen molar-refractivity contribution in [2.75, 3.05) is 11.1 Å². The van der Waals surface area contributed by atoms with Gasteiger partial charge >= 0.3 is 0 Å². The minimum atomic E-state index is -0.310. The second-order valence-corrected chi connectivity index (χ2v) is 6.63. The van der Waals surface area contributed by atoms with Crippen molar-refractivity contribution in [2.24, 2.45) is 0 Å². The SMILES string of the molecule is Cc1nc2sc(C(=O)Nc3cccnc3Cl)c(N)c2c(C)c1C. The predicted octanol–water partition coefficient (Wildman–Crippen LogP) is 4.10. The molecule has 3 N–H and O–H groups in total. The third kappa shape index (κ3) is 2.64. The number of aromatic nitrogens is 2. The molecule has 1 amide bonds. The van der Waals surface area contributed by atoms with Crippen LogP contribution in [0.4, 0.5) is 11.4 Å². The van der Waals surface area contributed by atoms with Crippen LogP contribution < -0.4 is 11.1 Å². The van der Waals surface area contributed by atoms with Crippen LogP contribution in [-0.2, 0) is 0 Å². The molecule has 0 saturated carbocycles. The molecule has 0 bridgehead atoms. The maximum Gasteiger partial charge on any atom is 0.268 e. The van der Waals surface area contributed by atoms with Crippen LogP contribution >= 0.6 is 22.9 Å². The maximum absolute atomic E-state index is 12.5. The molecule has 0 saturated heterocycles. The highest BCUT2D eigenvalue weighted by molar-refractivity contribution is 7.21. The normalized spacial score (nSPS) is 11.0. The van der Waals surface area contributed by atoms with Gasteiger partial charge in [-0.2, -0.15) is 0 Å². The summed E-state index contributed by atoms with van der Waals surface area (Å²) >= 11 is 7.26. The summed E-state index contributed by atoms with van der Waals surface area (Å²) in [7, 11) is 0. The van der Waals surface area contributed by atoms with Gasteiger partial charge in [-0.1, -0.05) is 11.6 Å². The van der Waals surface area contributed by atoms with Gasteiger partial charge in [-0.3, -0.25) is 4.79 Å². The summed E-state index contributed by atoms with van der Waals surface area (Å²) in [6.45, 7) is 5.95. The first-order chi connectivity index (χ1) is 10.9. The summed E-state index contributed by atoms with van der Waals surface area (Å²) < 4.78 is 0. The van der Waals surface area contributed by atoms with Crippen molar-refractivity contribution in [1.82, 2.24) is 9.97 Å². The van der Waals surface area contributed by atoms with Crippen LogP contribution in [0, 0.1) is 20.8 Å². The molecule has 5 nitrogen and oxygen atoms in total. The van der Waals surface area contributed by atoms with Crippen LogP contribution in [0.3, 0.4) is 0 Å². The number of halogens is 1. The molecule has 23 heavy (non-hydrogen) atoms. The van der Waals surface area contributed by atoms with Gasteiger partial charge in [0.1, 0.15) is 9.71 Å². The largest absolute Gasteiger partial charge is 0.397 e. The molecule has 0 aliphatic heterocycles. The number of carbonyl (C=O) groups excluding carboxylic acids is 1. The Bertz CT molecular complexity index is 935. The highest BCUT2D eigenvalue weighted by Crippen LogP contribution is 2.37. The summed E-state index contributed by atoms with van der Waals surface area (Å²) in [5.74, 6) is -0.310. The number of rotatable bonds is 2. The number of hydrogen-bond donors (Lipinski definition) is 2. The van der Waals surface area contributed by atoms with E-state index in [0.29, 0.717) is 16.3 Å². The van der Waals surface area contributed by atoms with Gasteiger partial charge in [0.2, 0.25) is 0 Å². The van der Waals surface area contributed by atoms with Crippen molar-refractivity contribution >= 4 is 50.4 Å². The average Bonchev–Trinajstić information content (AvgIpc) is 2.84. The first-order valence-corrected chi connectivity index (χ1v) is 8.17. The Hall–Kier alpha value is -2.18. The Morgan fingerprint density at radius 1 is 1.30 bits per heavy atom. The molecule has 0 aromatic carbocycles. The number of fused-ring (bicyclic) bond motifs is 1. The summed E-state index contributed by atoms with van der Waals surface area (Å²) in [5, 5.41) is 3.83. The molecule has 0 aliphatic carbocycles. The monoisotopic (exact) mass is 346 g/mol. The predicted molar refractivity (Wildman–Crippen MR) is 95.4 cm³/mol. The van der Waals surface area contributed by atoms with Crippen LogP contribution in [0.2, 0.25) is 5.15 Å². The van der Waals surface area contributed by atoms with Gasteiger partial charge in [-0.25, -0.2) is 9.97 Å². The lowest BCUT2D eigenvalue weighted by atomic mass is 10.1. The number of anilines is 2. The third-order valence-electron chi connectivity index (χ3n) is 3.89. The zero-order valence-electron chi connectivity index (χ0n) is 12.9. The highest BCUT2D eigenvalue weighted by Gasteiger charge is 2.20. The van der Waals surface area contributed by atoms with E-state index in [9.17, 15) is 4.79 Å². The maximum atomic E-state index is 12.5. The molecule has 0 fully saturated rings. The first-order valence-electron chi connectivity index (χ1n) is 6.97. The highest BCUT2D eigenvalue weighted by atomic mass is 35.5. The number of aryl methyl sites for hydroxylation is 2. The lowest BCUT2D eigenvalue weighted by Crippen LogP contribution is -2.12. The molecule has 7 heteroatoms. The Labute approximate surface area is 142 Å². The molecule has 118 valence electrons. The third-order valence-corrected chi connectivity index (χ3v) is 5.29. The summed E-state index contributed by atoms with van der Waals surface area (Å²) in [5.41, 5.74) is 10.2. The zero-order valence-corrected chi connectivity index (χ0v) is 14.5. The topological polar surface area (TPSA) is 80.9 Å². The molecule has 0 aliphatic rings. The zero-order chi connectivity index (χ0) is 16.7. The van der Waals surface area contributed by atoms with E-state index in [4.69, 9.17) is 17.3 Å². The minimum Gasteiger partial charge on any atom is -0.397 e. The van der Waals surface area contributed by atoms with Crippen molar-refractivity contribution in [2.45, 2.75) is 20.8 Å². The molecule has 3 aromatic heterocycles. The van der Waals surface area contributed by atoms with Gasteiger partial charge in [0.05, 0.1) is 11.4 Å². The van der Waals surface area contributed by atoms with E-state index in [1.165, 1.54) is 11.3 Å². The number of pyridine rings is 2. The number of nitrogens with one attached hydrogen (secondary N) is 1. The second kappa shape index (κ2) is 5.79. The molecule has 3 aromatic rings. The molecule has 3 rings (SSSR count). The fourth-order valence-electron chi connectivity index (χ4n) is 2.39. The standard InChI is InChI=1S/C16H15ClN4OS/c1-7-8(2)11-12(18)13(23-16(11)20-9(7)3)15(22)21-10-5-4-6-19-14(10)17/h4-6H,18H2,1-3H3,(H,21,22). The Morgan fingerprint density at radius 3 is 2.74 bits per heavy atom. The number of thiophene rings is 1. The quantitative estimate of drug-likeness (QED) is 0.684. The second-order valence-electron chi connectivity index (χ2n) is 5.27. The van der Waals surface area contributed by atoms with E-state index in [0.717, 1.165) is 27.0 Å². The van der Waals surface area contributed by atoms with Crippen molar-refractivity contribution in [3.8, 4) is 0 Å². The fraction of sp³-hybridized carbons (Fsp3) is 0.188. The van der Waals surface area contributed by atoms with Crippen LogP contribution in [0.1, 0.15) is 26.5 Å². The Morgan fingerprint density at radius 2 is 2.04 bits per heavy atom. The van der Waals surface area contributed by atoms with Crippen LogP contribution in [0.5, 0.6) is 0 Å². The van der Waals surface area contributed by atoms with E-state index >= 15 is 0 Å². The average molecular weight is 347 g/mol. The van der Waals surface area contributed by atoms with Crippen LogP contribution in [0.25, 0.3) is 10.2 Å².